The van der Waals surface area contributed by atoms with E-state index < -0.39 is 32.5 Å². The minimum absolute atomic E-state index is 0.00721. The molecule has 136 valence electrons. The normalized spacial score (nSPS) is 18.2. The van der Waals surface area contributed by atoms with Crippen molar-refractivity contribution in [3.63, 3.8) is 0 Å². The van der Waals surface area contributed by atoms with Gasteiger partial charge in [-0.1, -0.05) is 0 Å². The minimum atomic E-state index is -4.96. The van der Waals surface area contributed by atoms with Crippen LogP contribution in [0.5, 0.6) is 0 Å². The molecule has 0 bridgehead atoms. The summed E-state index contributed by atoms with van der Waals surface area (Å²) in [6, 6.07) is 1.64. The Morgan fingerprint density at radius 3 is 2.80 bits per heavy atom. The Labute approximate surface area is 141 Å². The van der Waals surface area contributed by atoms with Gasteiger partial charge in [-0.2, -0.15) is 13.2 Å². The van der Waals surface area contributed by atoms with Crippen LogP contribution in [-0.2, 0) is 29.2 Å². The number of rotatable bonds is 4. The van der Waals surface area contributed by atoms with Gasteiger partial charge >= 0.3 is 6.18 Å². The maximum Gasteiger partial charge on any atom is 0.419 e. The second kappa shape index (κ2) is 6.41. The fraction of sp³-hybridized carbons (Fsp3) is 0.400. The largest absolute Gasteiger partial charge is 0.419 e. The van der Waals surface area contributed by atoms with Crippen LogP contribution in [0.25, 0.3) is 0 Å². The van der Waals surface area contributed by atoms with E-state index in [-0.39, 0.29) is 12.5 Å². The minimum Gasteiger partial charge on any atom is -0.335 e. The first-order chi connectivity index (χ1) is 11.7. The molecule has 3 rings (SSSR count). The molecule has 0 saturated heterocycles. The summed E-state index contributed by atoms with van der Waals surface area (Å²) < 4.78 is 80.3. The predicted molar refractivity (Wildman–Crippen MR) is 80.6 cm³/mol. The maximum absolute atomic E-state index is 13.3. The molecule has 0 spiro atoms. The molecule has 25 heavy (non-hydrogen) atoms. The van der Waals surface area contributed by atoms with E-state index in [0.29, 0.717) is 25.1 Å². The van der Waals surface area contributed by atoms with Crippen LogP contribution in [0.1, 0.15) is 17.8 Å². The smallest absolute Gasteiger partial charge is 0.335 e. The molecule has 10 heteroatoms. The third-order valence-electron chi connectivity index (χ3n) is 4.17. The molecule has 1 aromatic carbocycles. The zero-order valence-corrected chi connectivity index (χ0v) is 13.7. The summed E-state index contributed by atoms with van der Waals surface area (Å²) in [5, 5.41) is 0. The number of fused-ring (bicyclic) bond motifs is 1. The van der Waals surface area contributed by atoms with E-state index in [1.807, 2.05) is 10.8 Å². The Kier molecular flexibility index (Phi) is 4.58. The van der Waals surface area contributed by atoms with E-state index in [4.69, 9.17) is 0 Å². The third-order valence-corrected chi connectivity index (χ3v) is 5.59. The number of benzene rings is 1. The molecule has 0 aliphatic carbocycles. The summed E-state index contributed by atoms with van der Waals surface area (Å²) in [4.78, 5) is 3.56. The van der Waals surface area contributed by atoms with Crippen LogP contribution in [0.4, 0.5) is 17.6 Å². The molecule has 1 aromatic heterocycles. The van der Waals surface area contributed by atoms with E-state index in [9.17, 15) is 26.0 Å². The van der Waals surface area contributed by atoms with Gasteiger partial charge < -0.3 is 4.57 Å². The molecule has 0 amide bonds. The highest BCUT2D eigenvalue weighted by molar-refractivity contribution is 7.89. The summed E-state index contributed by atoms with van der Waals surface area (Å²) in [6.45, 7) is 0.782. The summed E-state index contributed by atoms with van der Waals surface area (Å²) >= 11 is 0. The molecule has 1 aliphatic heterocycles. The Bertz CT molecular complexity index is 877. The van der Waals surface area contributed by atoms with Crippen molar-refractivity contribution in [2.24, 2.45) is 5.92 Å². The first kappa shape index (κ1) is 17.9. The molecule has 0 fully saturated rings. The molecule has 2 aromatic rings. The van der Waals surface area contributed by atoms with Crippen molar-refractivity contribution in [2.75, 3.05) is 6.54 Å². The van der Waals surface area contributed by atoms with Crippen molar-refractivity contribution >= 4 is 10.0 Å². The summed E-state index contributed by atoms with van der Waals surface area (Å²) in [7, 11) is -4.17. The van der Waals surface area contributed by atoms with Gasteiger partial charge in [-0.05, 0) is 30.5 Å². The van der Waals surface area contributed by atoms with E-state index in [1.165, 1.54) is 0 Å². The summed E-state index contributed by atoms with van der Waals surface area (Å²) in [5.41, 5.74) is -1.60. The molecule has 1 N–H and O–H groups in total. The number of hydrogen-bond acceptors (Lipinski definition) is 3. The number of aryl methyl sites for hydroxylation is 1. The Hall–Kier alpha value is -1.94. The van der Waals surface area contributed by atoms with E-state index >= 15 is 0 Å². The molecular weight excluding hydrogens is 362 g/mol. The van der Waals surface area contributed by atoms with Gasteiger partial charge in [0.05, 0.1) is 10.5 Å². The van der Waals surface area contributed by atoms with Gasteiger partial charge in [0, 0.05) is 31.9 Å². The van der Waals surface area contributed by atoms with Crippen molar-refractivity contribution in [1.29, 1.82) is 0 Å². The van der Waals surface area contributed by atoms with Crippen LogP contribution in [-0.4, -0.2) is 24.5 Å². The van der Waals surface area contributed by atoms with Gasteiger partial charge in [0.1, 0.15) is 11.6 Å². The lowest BCUT2D eigenvalue weighted by molar-refractivity contribution is -0.140. The number of imidazole rings is 1. The lowest BCUT2D eigenvalue weighted by Gasteiger charge is -2.23. The van der Waals surface area contributed by atoms with Crippen molar-refractivity contribution < 1.29 is 26.0 Å². The SMILES string of the molecule is O=S(=O)(NC[C@@H]1CCn2ccnc2C1)c1ccc(F)c(C(F)(F)F)c1. The first-order valence-corrected chi connectivity index (χ1v) is 9.01. The van der Waals surface area contributed by atoms with Gasteiger partial charge in [-0.25, -0.2) is 22.5 Å². The molecule has 0 saturated carbocycles. The lowest BCUT2D eigenvalue weighted by Crippen LogP contribution is -2.33. The highest BCUT2D eigenvalue weighted by Gasteiger charge is 2.35. The Morgan fingerprint density at radius 1 is 1.32 bits per heavy atom. The molecule has 0 radical (unpaired) electrons. The van der Waals surface area contributed by atoms with Crippen LogP contribution >= 0.6 is 0 Å². The van der Waals surface area contributed by atoms with Gasteiger partial charge in [0.2, 0.25) is 10.0 Å². The maximum atomic E-state index is 13.3. The van der Waals surface area contributed by atoms with E-state index in [0.717, 1.165) is 18.3 Å². The fourth-order valence-electron chi connectivity index (χ4n) is 2.79. The highest BCUT2D eigenvalue weighted by atomic mass is 32.2. The summed E-state index contributed by atoms with van der Waals surface area (Å²) in [5.74, 6) is -0.672. The first-order valence-electron chi connectivity index (χ1n) is 7.53. The summed E-state index contributed by atoms with van der Waals surface area (Å²) in [6.07, 6.45) is -0.155. The number of alkyl halides is 3. The monoisotopic (exact) mass is 377 g/mol. The Morgan fingerprint density at radius 2 is 2.08 bits per heavy atom. The fourth-order valence-corrected chi connectivity index (χ4v) is 3.93. The quantitative estimate of drug-likeness (QED) is 0.833. The average Bonchev–Trinajstić information content (AvgIpc) is 2.99. The third kappa shape index (κ3) is 3.84. The van der Waals surface area contributed by atoms with Gasteiger partial charge in [0.25, 0.3) is 0 Å². The van der Waals surface area contributed by atoms with Gasteiger partial charge in [-0.15, -0.1) is 0 Å². The second-order valence-electron chi connectivity index (χ2n) is 5.89. The van der Waals surface area contributed by atoms with Crippen LogP contribution in [0.15, 0.2) is 35.5 Å². The van der Waals surface area contributed by atoms with Crippen LogP contribution in [0.2, 0.25) is 0 Å². The molecule has 1 aliphatic rings. The number of sulfonamides is 1. The van der Waals surface area contributed by atoms with Crippen molar-refractivity contribution in [1.82, 2.24) is 14.3 Å². The second-order valence-corrected chi connectivity index (χ2v) is 7.65. The number of hydrogen-bond donors (Lipinski definition) is 1. The molecular formula is C15H15F4N3O2S. The van der Waals surface area contributed by atoms with E-state index in [1.54, 1.807) is 6.20 Å². The van der Waals surface area contributed by atoms with Crippen LogP contribution in [0.3, 0.4) is 0 Å². The number of nitrogens with one attached hydrogen (secondary N) is 1. The highest BCUT2D eigenvalue weighted by Crippen LogP contribution is 2.32. The van der Waals surface area contributed by atoms with Crippen LogP contribution in [0, 0.1) is 11.7 Å². The van der Waals surface area contributed by atoms with Gasteiger partial charge in [0.15, 0.2) is 0 Å². The van der Waals surface area contributed by atoms with Crippen molar-refractivity contribution in [3.8, 4) is 0 Å². The van der Waals surface area contributed by atoms with Crippen LogP contribution < -0.4 is 4.72 Å². The number of nitrogens with zero attached hydrogens (tertiary/aromatic N) is 2. The topological polar surface area (TPSA) is 64.0 Å². The van der Waals surface area contributed by atoms with Gasteiger partial charge in [-0.3, -0.25) is 0 Å². The Balaban J connectivity index is 1.72. The van der Waals surface area contributed by atoms with E-state index in [2.05, 4.69) is 9.71 Å². The molecule has 2 heterocycles. The standard InChI is InChI=1S/C15H15F4N3O2S/c16-13-2-1-11(8-12(13)15(17,18)19)25(23,24)21-9-10-3-5-22-6-4-20-14(22)7-10/h1-2,4,6,8,10,21H,3,5,7,9H2/t10-/m1/s1. The lowest BCUT2D eigenvalue weighted by atomic mass is 9.98. The van der Waals surface area contributed by atoms with Crippen molar-refractivity contribution in [3.05, 3.63) is 47.8 Å². The predicted octanol–water partition coefficient (Wildman–Crippen LogP) is 2.58. The zero-order chi connectivity index (χ0) is 18.2. The molecule has 1 atom stereocenters. The zero-order valence-electron chi connectivity index (χ0n) is 12.9. The van der Waals surface area contributed by atoms with Crippen molar-refractivity contribution in [2.45, 2.75) is 30.5 Å². The molecule has 5 nitrogen and oxygen atoms in total. The average molecular weight is 377 g/mol. The number of halogens is 4. The number of aromatic nitrogens is 2. The molecule has 0 unspecified atom stereocenters.